The Morgan fingerprint density at radius 1 is 0.935 bits per heavy atom. The highest BCUT2D eigenvalue weighted by molar-refractivity contribution is 8.07. The largest absolute Gasteiger partial charge is 0.460 e. The summed E-state index contributed by atoms with van der Waals surface area (Å²) in [7, 11) is 0. The maximum absolute atomic E-state index is 14.0. The molecule has 3 amide bonds. The minimum Gasteiger partial charge on any atom is -0.460 e. The smallest absolute Gasteiger partial charge is 0.399 e. The molecule has 1 aromatic heterocycles. The molecule has 2 unspecified atom stereocenters. The summed E-state index contributed by atoms with van der Waals surface area (Å²) in [4.78, 5) is 77.5. The lowest BCUT2D eigenvalue weighted by atomic mass is 9.77. The highest BCUT2D eigenvalue weighted by atomic mass is 32.5. The monoisotopic (exact) mass is 894 g/mol. The maximum Gasteiger partial charge on any atom is 0.399 e. The van der Waals surface area contributed by atoms with Crippen LogP contribution in [0, 0.1) is 6.92 Å². The zero-order chi connectivity index (χ0) is 44.1. The van der Waals surface area contributed by atoms with Crippen LogP contribution in [0.2, 0.25) is 0 Å². The molecule has 8 rings (SSSR count). The minimum absolute atomic E-state index is 0.0478. The number of ether oxygens (including phenoxy) is 5. The molecule has 0 bridgehead atoms. The van der Waals surface area contributed by atoms with Crippen LogP contribution in [0.15, 0.2) is 94.6 Å². The van der Waals surface area contributed by atoms with Crippen LogP contribution in [-0.4, -0.2) is 103 Å². The predicted octanol–water partition coefficient (Wildman–Crippen LogP) is 2.09. The van der Waals surface area contributed by atoms with E-state index in [0.717, 1.165) is 26.2 Å². The van der Waals surface area contributed by atoms with Gasteiger partial charge in [-0.15, -0.1) is 0 Å². The minimum atomic E-state index is -4.77. The molecule has 3 saturated heterocycles. The number of carbonyl (C=O) groups is 3. The molecule has 0 radical (unpaired) electrons. The number of aliphatic hydroxyl groups excluding tert-OH is 2. The second-order valence-corrected chi connectivity index (χ2v) is 18.1. The van der Waals surface area contributed by atoms with E-state index in [1.54, 1.807) is 0 Å². The van der Waals surface area contributed by atoms with Crippen LogP contribution in [0.25, 0.3) is 0 Å². The lowest BCUT2D eigenvalue weighted by Gasteiger charge is -2.41. The van der Waals surface area contributed by atoms with Crippen molar-refractivity contribution in [2.24, 2.45) is 0 Å². The Morgan fingerprint density at radius 2 is 1.56 bits per heavy atom. The van der Waals surface area contributed by atoms with Crippen LogP contribution >= 0.6 is 6.72 Å². The van der Waals surface area contributed by atoms with E-state index in [0.29, 0.717) is 11.5 Å². The molecule has 5 heterocycles. The molecule has 328 valence electrons. The Hall–Kier alpha value is -5.28. The summed E-state index contributed by atoms with van der Waals surface area (Å²) >= 11 is 5.23. The van der Waals surface area contributed by atoms with Crippen LogP contribution in [0.3, 0.4) is 0 Å². The summed E-state index contributed by atoms with van der Waals surface area (Å²) in [6, 6.07) is 23.6. The molecular weight excluding hydrogens is 852 g/mol. The van der Waals surface area contributed by atoms with Crippen molar-refractivity contribution in [2.45, 2.75) is 81.7 Å². The summed E-state index contributed by atoms with van der Waals surface area (Å²) in [5.41, 5.74) is -3.31. The second-order valence-electron chi connectivity index (χ2n) is 15.4. The first-order valence-corrected chi connectivity index (χ1v) is 22.2. The lowest BCUT2D eigenvalue weighted by molar-refractivity contribution is -0.152. The number of benzene rings is 3. The summed E-state index contributed by atoms with van der Waals surface area (Å²) in [6.45, 7) is -2.31. The fourth-order valence-electron chi connectivity index (χ4n) is 8.21. The van der Waals surface area contributed by atoms with Gasteiger partial charge in [-0.2, -0.15) is 0 Å². The number of imide groups is 1. The Labute approximate surface area is 358 Å². The van der Waals surface area contributed by atoms with Gasteiger partial charge in [-0.05, 0) is 31.5 Å². The molecule has 0 spiro atoms. The summed E-state index contributed by atoms with van der Waals surface area (Å²) in [6.07, 6.45) is -5.29. The first-order chi connectivity index (χ1) is 29.5. The molecule has 8 atom stereocenters. The molecule has 4 aliphatic rings. The van der Waals surface area contributed by atoms with E-state index >= 15 is 0 Å². The third-order valence-corrected chi connectivity index (χ3v) is 12.5. The van der Waals surface area contributed by atoms with Gasteiger partial charge in [0.2, 0.25) is 0 Å². The van der Waals surface area contributed by atoms with Gasteiger partial charge in [0.15, 0.2) is 11.2 Å². The maximum atomic E-state index is 14.0. The van der Waals surface area contributed by atoms with E-state index in [9.17, 15) is 39.1 Å². The number of urea groups is 1. The summed E-state index contributed by atoms with van der Waals surface area (Å²) in [5, 5.41) is 23.2. The first-order valence-electron chi connectivity index (χ1n) is 19.6. The van der Waals surface area contributed by atoms with Crippen molar-refractivity contribution in [1.82, 2.24) is 19.5 Å². The third-order valence-electron chi connectivity index (χ3n) is 11.1. The van der Waals surface area contributed by atoms with E-state index in [1.807, 2.05) is 78.9 Å². The van der Waals surface area contributed by atoms with Crippen molar-refractivity contribution in [3.05, 3.63) is 128 Å². The number of hydrogen-bond donors (Lipinski definition) is 4. The number of nitrogens with zero attached hydrogens (tertiary/aromatic N) is 3. The standard InChI is InChI=1S/C41H43N4O15PS/c1-23-19-43(34-17-28(48)33(58-34)21-54-41(25-11-5-4-6-12-25)26-13-7-9-15-29(26)56-30-16-10-8-14-27(30)41)39(52)45(36(23)49)60-61(53,62)59-40(3)22-44(38(51)42-37(40)50)35-18-31(55-24(2)47)32(20-46)57-35/h4-16,19,28,31-35,46,48H,17-18,20-22H2,1-3H3,(H,53,62)(H,42,50,51)/t28-,31-,32+,33+,34+,35+,40?,61?/m0/s1. The van der Waals surface area contributed by atoms with Crippen LogP contribution in [0.5, 0.6) is 11.5 Å². The summed E-state index contributed by atoms with van der Waals surface area (Å²) in [5.74, 6) is -0.513. The van der Waals surface area contributed by atoms with Crippen molar-refractivity contribution >= 4 is 36.4 Å². The number of aryl methyl sites for hydroxylation is 1. The average Bonchev–Trinajstić information content (AvgIpc) is 3.82. The van der Waals surface area contributed by atoms with Crippen molar-refractivity contribution in [3.8, 4) is 11.5 Å². The Morgan fingerprint density at radius 3 is 2.21 bits per heavy atom. The van der Waals surface area contributed by atoms with Gasteiger partial charge >= 0.3 is 24.4 Å². The van der Waals surface area contributed by atoms with Crippen LogP contribution in [0.1, 0.15) is 55.2 Å². The Balaban J connectivity index is 1.02. The predicted molar refractivity (Wildman–Crippen MR) is 218 cm³/mol. The number of carbonyl (C=O) groups excluding carboxylic acids is 3. The number of rotatable bonds is 12. The number of para-hydroxylation sites is 2. The topological polar surface area (TPSA) is 236 Å². The van der Waals surface area contributed by atoms with Gasteiger partial charge in [0.1, 0.15) is 42.3 Å². The van der Waals surface area contributed by atoms with E-state index in [2.05, 4.69) is 5.32 Å². The zero-order valence-electron chi connectivity index (χ0n) is 33.5. The average molecular weight is 895 g/mol. The third kappa shape index (κ3) is 7.97. The number of aliphatic hydroxyl groups is 2. The number of hydrogen-bond acceptors (Lipinski definition) is 15. The molecule has 3 aromatic carbocycles. The van der Waals surface area contributed by atoms with Gasteiger partial charge in [0.05, 0.1) is 25.9 Å². The number of aromatic nitrogens is 2. The molecule has 4 aromatic rings. The molecule has 62 heavy (non-hydrogen) atoms. The Kier molecular flexibility index (Phi) is 11.7. The van der Waals surface area contributed by atoms with Crippen LogP contribution in [0.4, 0.5) is 4.79 Å². The van der Waals surface area contributed by atoms with E-state index in [1.165, 1.54) is 27.0 Å². The zero-order valence-corrected chi connectivity index (χ0v) is 35.2. The second kappa shape index (κ2) is 16.8. The van der Waals surface area contributed by atoms with Crippen LogP contribution in [-0.2, 0) is 50.5 Å². The van der Waals surface area contributed by atoms with Crippen molar-refractivity contribution in [1.29, 1.82) is 0 Å². The number of nitrogens with one attached hydrogen (secondary N) is 1. The molecule has 3 fully saturated rings. The van der Waals surface area contributed by atoms with Gasteiger partial charge in [-0.25, -0.2) is 9.59 Å². The molecule has 0 saturated carbocycles. The van der Waals surface area contributed by atoms with Gasteiger partial charge in [0, 0.05) is 54.5 Å². The lowest BCUT2D eigenvalue weighted by Crippen LogP contribution is -2.66. The van der Waals surface area contributed by atoms with Gasteiger partial charge in [0.25, 0.3) is 11.5 Å². The molecule has 4 aliphatic heterocycles. The van der Waals surface area contributed by atoms with Gasteiger partial charge < -0.3 is 43.4 Å². The molecule has 4 N–H and O–H groups in total. The SMILES string of the molecule is CC(=O)O[C@H]1C[C@H](N2CC(C)(OP(O)(=S)On3c(=O)c(C)cn([C@H]4C[C@H](O)[C@@H](COC5(c6ccccc6)c6ccccc6Oc6ccccc65)O4)c3=O)C(=O)NC2=O)O[C@@H]1CO. The van der Waals surface area contributed by atoms with E-state index < -0.39 is 97.1 Å². The van der Waals surface area contributed by atoms with E-state index in [-0.39, 0.29) is 29.7 Å². The quantitative estimate of drug-likeness (QED) is 0.118. The number of fused-ring (bicyclic) bond motifs is 2. The van der Waals surface area contributed by atoms with Gasteiger partial charge in [-0.3, -0.25) is 33.7 Å². The summed E-state index contributed by atoms with van der Waals surface area (Å²) < 4.78 is 42.7. The fourth-order valence-corrected chi connectivity index (χ4v) is 9.94. The Bertz CT molecular complexity index is 2530. The first kappa shape index (κ1) is 43.4. The molecule has 21 heteroatoms. The van der Waals surface area contributed by atoms with Crippen molar-refractivity contribution in [2.75, 3.05) is 19.8 Å². The normalized spacial score (nSPS) is 27.4. The highest BCUT2D eigenvalue weighted by Gasteiger charge is 2.52. The number of amides is 3. The van der Waals surface area contributed by atoms with Gasteiger partial charge in [-0.1, -0.05) is 71.5 Å². The van der Waals surface area contributed by atoms with E-state index in [4.69, 9.17) is 44.6 Å². The molecule has 0 aliphatic carbocycles. The molecular formula is C41H43N4O15PS. The number of esters is 1. The van der Waals surface area contributed by atoms with Crippen LogP contribution < -0.4 is 25.9 Å². The highest BCUT2D eigenvalue weighted by Crippen LogP contribution is 2.53. The van der Waals surface area contributed by atoms with Crippen molar-refractivity contribution < 1.29 is 62.3 Å². The fraction of sp³-hybridized carbons (Fsp3) is 0.390. The molecule has 19 nitrogen and oxygen atoms in total. The van der Waals surface area contributed by atoms with Crippen molar-refractivity contribution in [3.63, 3.8) is 0 Å².